The maximum atomic E-state index is 12.4. The Hall–Kier alpha value is -1.62. The summed E-state index contributed by atoms with van der Waals surface area (Å²) in [7, 11) is 0. The maximum Gasteiger partial charge on any atom is 0.329 e. The average molecular weight is 307 g/mol. The Morgan fingerprint density at radius 2 is 2.24 bits per heavy atom. The third-order valence-electron chi connectivity index (χ3n) is 3.97. The lowest BCUT2D eigenvalue weighted by Crippen LogP contribution is -2.52. The maximum absolute atomic E-state index is 12.4. The smallest absolute Gasteiger partial charge is 0.329 e. The summed E-state index contributed by atoms with van der Waals surface area (Å²) in [6.45, 7) is 4.50. The Morgan fingerprint density at radius 3 is 2.81 bits per heavy atom. The van der Waals surface area contributed by atoms with Crippen LogP contribution in [0.2, 0.25) is 0 Å². The van der Waals surface area contributed by atoms with Crippen LogP contribution in [0.15, 0.2) is 18.2 Å². The predicted molar refractivity (Wildman–Crippen MR) is 84.3 cm³/mol. The van der Waals surface area contributed by atoms with Crippen molar-refractivity contribution >= 4 is 29.3 Å². The summed E-state index contributed by atoms with van der Waals surface area (Å²) in [6.07, 6.45) is 5.85. The number of carboxylic acid groups (broad SMARTS) is 1. The Labute approximate surface area is 129 Å². The molecular formula is C16H21NO3S. The van der Waals surface area contributed by atoms with E-state index >= 15 is 0 Å². The summed E-state index contributed by atoms with van der Waals surface area (Å²) in [5, 5.41) is 9.59. The summed E-state index contributed by atoms with van der Waals surface area (Å²) in [4.78, 5) is 27.8. The molecule has 5 heteroatoms. The van der Waals surface area contributed by atoms with Gasteiger partial charge in [-0.25, -0.2) is 4.79 Å². The zero-order valence-electron chi connectivity index (χ0n) is 12.5. The van der Waals surface area contributed by atoms with Crippen molar-refractivity contribution in [2.24, 2.45) is 0 Å². The fraction of sp³-hybridized carbons (Fsp3) is 0.500. The first-order valence-electron chi connectivity index (χ1n) is 7.29. The molecule has 1 unspecified atom stereocenters. The van der Waals surface area contributed by atoms with Crippen LogP contribution >= 0.6 is 11.3 Å². The third-order valence-corrected chi connectivity index (χ3v) is 4.93. The van der Waals surface area contributed by atoms with Gasteiger partial charge in [-0.1, -0.05) is 13.3 Å². The van der Waals surface area contributed by atoms with Crippen LogP contribution in [-0.4, -0.2) is 34.0 Å². The third kappa shape index (κ3) is 3.18. The number of rotatable bonds is 5. The highest BCUT2D eigenvalue weighted by molar-refractivity contribution is 7.12. The van der Waals surface area contributed by atoms with Gasteiger partial charge in [0.2, 0.25) is 5.91 Å². The molecule has 114 valence electrons. The first kappa shape index (κ1) is 15.8. The Morgan fingerprint density at radius 1 is 1.48 bits per heavy atom. The van der Waals surface area contributed by atoms with Crippen molar-refractivity contribution in [1.29, 1.82) is 0 Å². The fourth-order valence-corrected chi connectivity index (χ4v) is 3.77. The minimum absolute atomic E-state index is 0.200. The van der Waals surface area contributed by atoms with Crippen molar-refractivity contribution in [3.63, 3.8) is 0 Å². The van der Waals surface area contributed by atoms with Crippen molar-refractivity contribution in [1.82, 2.24) is 4.90 Å². The Bertz CT molecular complexity index is 564. The van der Waals surface area contributed by atoms with Gasteiger partial charge in [-0.2, -0.15) is 0 Å². The first-order valence-corrected chi connectivity index (χ1v) is 8.11. The van der Waals surface area contributed by atoms with E-state index in [-0.39, 0.29) is 5.91 Å². The molecule has 4 nitrogen and oxygen atoms in total. The molecule has 1 aromatic rings. The summed E-state index contributed by atoms with van der Waals surface area (Å²) in [5.74, 6) is -1.08. The predicted octanol–water partition coefficient (Wildman–Crippen LogP) is 3.32. The summed E-state index contributed by atoms with van der Waals surface area (Å²) in [5.41, 5.74) is -1.01. The van der Waals surface area contributed by atoms with E-state index in [4.69, 9.17) is 0 Å². The van der Waals surface area contributed by atoms with E-state index in [9.17, 15) is 14.7 Å². The molecule has 1 N–H and O–H groups in total. The molecule has 0 spiro atoms. The molecule has 21 heavy (non-hydrogen) atoms. The zero-order valence-corrected chi connectivity index (χ0v) is 13.3. The van der Waals surface area contributed by atoms with Crippen LogP contribution < -0.4 is 0 Å². The van der Waals surface area contributed by atoms with E-state index in [1.54, 1.807) is 17.4 Å². The van der Waals surface area contributed by atoms with E-state index < -0.39 is 11.5 Å². The molecule has 1 saturated heterocycles. The van der Waals surface area contributed by atoms with Gasteiger partial charge in [0.05, 0.1) is 0 Å². The molecular weight excluding hydrogens is 286 g/mol. The molecule has 2 rings (SSSR count). The number of carbonyl (C=O) groups excluding carboxylic acids is 1. The average Bonchev–Trinajstić information content (AvgIpc) is 3.04. The number of aryl methyl sites for hydroxylation is 1. The zero-order chi connectivity index (χ0) is 15.5. The van der Waals surface area contributed by atoms with Crippen molar-refractivity contribution in [3.05, 3.63) is 28.0 Å². The lowest BCUT2D eigenvalue weighted by atomic mass is 9.90. The summed E-state index contributed by atoms with van der Waals surface area (Å²) >= 11 is 1.61. The van der Waals surface area contributed by atoms with Gasteiger partial charge in [-0.3, -0.25) is 4.79 Å². The molecule has 1 aliphatic rings. The van der Waals surface area contributed by atoms with Gasteiger partial charge in [0.15, 0.2) is 0 Å². The standard InChI is InChI=1S/C16H21NO3S/c1-3-9-16(15(19)20)10-4-11-17(16)14(18)8-7-13-6-5-12(2)21-13/h5-8H,3-4,9-11H2,1-2H3,(H,19,20)/b8-7+. The van der Waals surface area contributed by atoms with Crippen molar-refractivity contribution in [2.45, 2.75) is 45.1 Å². The van der Waals surface area contributed by atoms with Crippen LogP contribution in [0.25, 0.3) is 6.08 Å². The van der Waals surface area contributed by atoms with E-state index in [0.717, 1.165) is 17.7 Å². The molecule has 2 heterocycles. The number of likely N-dealkylation sites (tertiary alicyclic amines) is 1. The number of thiophene rings is 1. The Kier molecular flexibility index (Phi) is 4.83. The number of hydrogen-bond acceptors (Lipinski definition) is 3. The number of hydrogen-bond donors (Lipinski definition) is 1. The largest absolute Gasteiger partial charge is 0.479 e. The van der Waals surface area contributed by atoms with Gasteiger partial charge in [0.25, 0.3) is 0 Å². The van der Waals surface area contributed by atoms with Crippen molar-refractivity contribution in [3.8, 4) is 0 Å². The molecule has 0 bridgehead atoms. The van der Waals surface area contributed by atoms with Crippen LogP contribution in [-0.2, 0) is 9.59 Å². The SMILES string of the molecule is CCCC1(C(=O)O)CCCN1C(=O)/C=C/c1ccc(C)s1. The lowest BCUT2D eigenvalue weighted by Gasteiger charge is -2.34. The van der Waals surface area contributed by atoms with Gasteiger partial charge in [0.1, 0.15) is 5.54 Å². The molecule has 0 aromatic carbocycles. The monoisotopic (exact) mass is 307 g/mol. The number of carbonyl (C=O) groups is 2. The second kappa shape index (κ2) is 6.43. The highest BCUT2D eigenvalue weighted by atomic mass is 32.1. The Balaban J connectivity index is 2.17. The number of aliphatic carboxylic acids is 1. The molecule has 1 aliphatic heterocycles. The number of amides is 1. The molecule has 0 radical (unpaired) electrons. The van der Waals surface area contributed by atoms with Crippen molar-refractivity contribution < 1.29 is 14.7 Å². The molecule has 1 aromatic heterocycles. The highest BCUT2D eigenvalue weighted by Crippen LogP contribution is 2.34. The second-order valence-corrected chi connectivity index (χ2v) is 6.78. The normalized spacial score (nSPS) is 22.1. The fourth-order valence-electron chi connectivity index (χ4n) is 2.99. The molecule has 1 atom stereocenters. The minimum Gasteiger partial charge on any atom is -0.479 e. The van der Waals surface area contributed by atoms with Gasteiger partial charge in [-0.05, 0) is 44.4 Å². The van der Waals surface area contributed by atoms with E-state index in [1.807, 2.05) is 26.0 Å². The molecule has 1 fully saturated rings. The van der Waals surface area contributed by atoms with E-state index in [1.165, 1.54) is 15.9 Å². The van der Waals surface area contributed by atoms with E-state index in [0.29, 0.717) is 19.4 Å². The van der Waals surface area contributed by atoms with Crippen LogP contribution in [0, 0.1) is 6.92 Å². The lowest BCUT2D eigenvalue weighted by molar-refractivity contribution is -0.155. The van der Waals surface area contributed by atoms with Crippen LogP contribution in [0.3, 0.4) is 0 Å². The molecule has 0 saturated carbocycles. The van der Waals surface area contributed by atoms with Crippen LogP contribution in [0.5, 0.6) is 0 Å². The summed E-state index contributed by atoms with van der Waals surface area (Å²) in [6, 6.07) is 3.97. The highest BCUT2D eigenvalue weighted by Gasteiger charge is 2.48. The summed E-state index contributed by atoms with van der Waals surface area (Å²) < 4.78 is 0. The quantitative estimate of drug-likeness (QED) is 0.849. The van der Waals surface area contributed by atoms with Gasteiger partial charge < -0.3 is 10.0 Å². The number of nitrogens with zero attached hydrogens (tertiary/aromatic N) is 1. The second-order valence-electron chi connectivity index (χ2n) is 5.46. The van der Waals surface area contributed by atoms with E-state index in [2.05, 4.69) is 0 Å². The van der Waals surface area contributed by atoms with Crippen LogP contribution in [0.4, 0.5) is 0 Å². The van der Waals surface area contributed by atoms with Gasteiger partial charge in [0, 0.05) is 22.4 Å². The van der Waals surface area contributed by atoms with Gasteiger partial charge in [-0.15, -0.1) is 11.3 Å². The molecule has 0 aliphatic carbocycles. The van der Waals surface area contributed by atoms with Crippen molar-refractivity contribution in [2.75, 3.05) is 6.54 Å². The topological polar surface area (TPSA) is 57.6 Å². The molecule has 1 amide bonds. The number of carboxylic acids is 1. The minimum atomic E-state index is -1.01. The van der Waals surface area contributed by atoms with Gasteiger partial charge >= 0.3 is 5.97 Å². The van der Waals surface area contributed by atoms with Crippen LogP contribution in [0.1, 0.15) is 42.4 Å². The first-order chi connectivity index (χ1) is 9.99.